The first-order valence-electron chi connectivity index (χ1n) is 11.5. The minimum absolute atomic E-state index is 0.0332. The van der Waals surface area contributed by atoms with E-state index in [-0.39, 0.29) is 24.3 Å². The van der Waals surface area contributed by atoms with Crippen molar-refractivity contribution >= 4 is 28.7 Å². The lowest BCUT2D eigenvalue weighted by molar-refractivity contribution is -0.141. The van der Waals surface area contributed by atoms with Crippen LogP contribution in [0, 0.1) is 5.92 Å². The van der Waals surface area contributed by atoms with E-state index in [1.165, 1.54) is 11.7 Å². The molecule has 2 fully saturated rings. The van der Waals surface area contributed by atoms with E-state index in [0.29, 0.717) is 74.6 Å². The van der Waals surface area contributed by atoms with E-state index in [1.54, 1.807) is 35.2 Å². The molecule has 0 unspecified atom stereocenters. The van der Waals surface area contributed by atoms with Crippen LogP contribution in [0.25, 0.3) is 16.9 Å². The van der Waals surface area contributed by atoms with Gasteiger partial charge in [0.1, 0.15) is 18.2 Å². The molecule has 2 saturated heterocycles. The number of alkyl halides is 2. The number of halogens is 2. The first-order chi connectivity index (χ1) is 17.0. The van der Waals surface area contributed by atoms with E-state index >= 15 is 0 Å². The predicted octanol–water partition coefficient (Wildman–Crippen LogP) is 2.11. The number of methoxy groups -OCH3 is 1. The summed E-state index contributed by atoms with van der Waals surface area (Å²) in [5.41, 5.74) is 1.02. The highest BCUT2D eigenvalue weighted by atomic mass is 19.3. The van der Waals surface area contributed by atoms with Gasteiger partial charge in [0, 0.05) is 51.8 Å². The van der Waals surface area contributed by atoms with Crippen LogP contribution in [0.3, 0.4) is 0 Å². The Bertz CT molecular complexity index is 1190. The van der Waals surface area contributed by atoms with Crippen molar-refractivity contribution in [1.82, 2.24) is 24.4 Å². The third kappa shape index (κ3) is 4.89. The average Bonchev–Trinajstić information content (AvgIpc) is 3.24. The largest absolute Gasteiger partial charge is 0.378 e. The van der Waals surface area contributed by atoms with Crippen LogP contribution in [0.5, 0.6) is 0 Å². The molecule has 3 aromatic rings. The van der Waals surface area contributed by atoms with E-state index < -0.39 is 6.43 Å². The van der Waals surface area contributed by atoms with Crippen LogP contribution < -0.4 is 10.2 Å². The van der Waals surface area contributed by atoms with Gasteiger partial charge in [-0.05, 0) is 12.1 Å². The number of morpholine rings is 1. The first-order valence-corrected chi connectivity index (χ1v) is 11.5. The number of fused-ring (bicyclic) bond motifs is 1. The smallest absolute Gasteiger partial charge is 0.296 e. The molecule has 0 radical (unpaired) electrons. The van der Waals surface area contributed by atoms with Crippen molar-refractivity contribution in [2.24, 2.45) is 5.92 Å². The summed E-state index contributed by atoms with van der Waals surface area (Å²) in [7, 11) is 1.50. The average molecular weight is 488 g/mol. The Balaban J connectivity index is 1.44. The molecule has 1 aromatic carbocycles. The molecule has 0 atom stereocenters. The fourth-order valence-corrected chi connectivity index (χ4v) is 4.33. The lowest BCUT2D eigenvalue weighted by atomic mass is 10.0. The van der Waals surface area contributed by atoms with Crippen molar-refractivity contribution in [3.05, 3.63) is 36.2 Å². The molecule has 1 amide bonds. The number of likely N-dealkylation sites (tertiary alicyclic amines) is 1. The number of hydrogen-bond donors (Lipinski definition) is 1. The maximum absolute atomic E-state index is 14.0. The molecule has 12 heteroatoms. The second-order valence-corrected chi connectivity index (χ2v) is 8.58. The molecule has 2 aliphatic rings. The maximum Gasteiger partial charge on any atom is 0.296 e. The zero-order valence-corrected chi connectivity index (χ0v) is 19.4. The third-order valence-electron chi connectivity index (χ3n) is 6.16. The van der Waals surface area contributed by atoms with Crippen LogP contribution in [0.1, 0.15) is 12.2 Å². The van der Waals surface area contributed by atoms with Gasteiger partial charge in [-0.25, -0.2) is 13.8 Å². The number of amides is 1. The number of anilines is 2. The van der Waals surface area contributed by atoms with E-state index in [0.717, 1.165) is 0 Å². The summed E-state index contributed by atoms with van der Waals surface area (Å²) in [4.78, 5) is 29.1. The molecular formula is C23H27F2N7O3. The molecule has 186 valence electrons. The van der Waals surface area contributed by atoms with Crippen LogP contribution in [-0.2, 0) is 14.3 Å². The highest BCUT2D eigenvalue weighted by Crippen LogP contribution is 2.29. The van der Waals surface area contributed by atoms with Crippen molar-refractivity contribution < 1.29 is 23.0 Å². The van der Waals surface area contributed by atoms with Crippen molar-refractivity contribution in [3.63, 3.8) is 0 Å². The van der Waals surface area contributed by atoms with Crippen LogP contribution in [-0.4, -0.2) is 90.0 Å². The quantitative estimate of drug-likeness (QED) is 0.516. The summed E-state index contributed by atoms with van der Waals surface area (Å²) in [6.45, 7) is 4.21. The number of nitrogens with zero attached hydrogens (tertiary/aromatic N) is 6. The highest BCUT2D eigenvalue weighted by molar-refractivity contribution is 5.79. The number of imidazole rings is 1. The van der Waals surface area contributed by atoms with Crippen LogP contribution in [0.15, 0.2) is 30.3 Å². The Morgan fingerprint density at radius 1 is 1.20 bits per heavy atom. The van der Waals surface area contributed by atoms with Crippen molar-refractivity contribution in [3.8, 4) is 5.82 Å². The van der Waals surface area contributed by atoms with Gasteiger partial charge in [-0.3, -0.25) is 9.36 Å². The van der Waals surface area contributed by atoms with Gasteiger partial charge in [0.2, 0.25) is 11.9 Å². The predicted molar refractivity (Wildman–Crippen MR) is 125 cm³/mol. The van der Waals surface area contributed by atoms with Gasteiger partial charge in [-0.1, -0.05) is 12.1 Å². The van der Waals surface area contributed by atoms with Gasteiger partial charge in [-0.2, -0.15) is 9.97 Å². The summed E-state index contributed by atoms with van der Waals surface area (Å²) in [6.07, 6.45) is -2.77. The molecule has 0 aliphatic carbocycles. The molecule has 2 aliphatic heterocycles. The molecule has 2 aromatic heterocycles. The van der Waals surface area contributed by atoms with E-state index in [4.69, 9.17) is 9.47 Å². The summed E-state index contributed by atoms with van der Waals surface area (Å²) >= 11 is 0. The van der Waals surface area contributed by atoms with Gasteiger partial charge >= 0.3 is 0 Å². The number of nitrogens with one attached hydrogen (secondary N) is 1. The zero-order valence-electron chi connectivity index (χ0n) is 19.4. The fourth-order valence-electron chi connectivity index (χ4n) is 4.33. The minimum atomic E-state index is -2.77. The van der Waals surface area contributed by atoms with Crippen LogP contribution in [0.4, 0.5) is 20.5 Å². The van der Waals surface area contributed by atoms with Crippen molar-refractivity contribution in [2.45, 2.75) is 6.43 Å². The second-order valence-electron chi connectivity index (χ2n) is 8.58. The second kappa shape index (κ2) is 10.1. The molecule has 4 heterocycles. The monoisotopic (exact) mass is 487 g/mol. The van der Waals surface area contributed by atoms with Crippen molar-refractivity contribution in [2.75, 3.05) is 69.9 Å². The lowest BCUT2D eigenvalue weighted by Crippen LogP contribution is -2.53. The fraction of sp³-hybridized carbons (Fsp3) is 0.478. The number of carbonyl (C=O) groups excluding carboxylic acids is 1. The summed E-state index contributed by atoms with van der Waals surface area (Å²) in [5, 5.41) is 3.32. The third-order valence-corrected chi connectivity index (χ3v) is 6.16. The van der Waals surface area contributed by atoms with Crippen molar-refractivity contribution in [1.29, 1.82) is 0 Å². The number of carbonyl (C=O) groups is 1. The Labute approximate surface area is 200 Å². The van der Waals surface area contributed by atoms with Gasteiger partial charge < -0.3 is 24.6 Å². The SMILES string of the molecule is COCC(=O)N1CC(CNc2cc(-n3c(C(F)F)nc4ccccc43)nc(N3CCOCC3)n2)C1. The normalized spacial score (nSPS) is 16.7. The molecule has 5 rings (SSSR count). The lowest BCUT2D eigenvalue weighted by Gasteiger charge is -2.39. The van der Waals surface area contributed by atoms with Gasteiger partial charge in [0.05, 0.1) is 24.2 Å². The minimum Gasteiger partial charge on any atom is -0.378 e. The Hall–Kier alpha value is -3.38. The highest BCUT2D eigenvalue weighted by Gasteiger charge is 2.30. The number of aromatic nitrogens is 4. The molecule has 1 N–H and O–H groups in total. The number of rotatable bonds is 8. The van der Waals surface area contributed by atoms with Crippen LogP contribution in [0.2, 0.25) is 0 Å². The molecule has 0 spiro atoms. The molecular weight excluding hydrogens is 460 g/mol. The van der Waals surface area contributed by atoms with E-state index in [1.807, 2.05) is 4.90 Å². The number of para-hydroxylation sites is 2. The van der Waals surface area contributed by atoms with Gasteiger partial charge in [0.15, 0.2) is 5.82 Å². The topological polar surface area (TPSA) is 97.6 Å². The number of ether oxygens (including phenoxy) is 2. The molecule has 0 bridgehead atoms. The van der Waals surface area contributed by atoms with E-state index in [2.05, 4.69) is 20.3 Å². The maximum atomic E-state index is 14.0. The summed E-state index contributed by atoms with van der Waals surface area (Å²) in [5.74, 6) is 1.14. The standard InChI is InChI=1S/C23H27F2N7O3/c1-34-14-20(33)31-12-15(13-31)11-26-18-10-19(29-23(28-18)30-6-8-35-9-7-30)32-17-5-3-2-4-16(17)27-22(32)21(24)25/h2-5,10,15,21H,6-9,11-14H2,1H3,(H,26,28,29). The Morgan fingerprint density at radius 2 is 1.97 bits per heavy atom. The van der Waals surface area contributed by atoms with Gasteiger partial charge in [0.25, 0.3) is 6.43 Å². The first kappa shape index (κ1) is 23.4. The van der Waals surface area contributed by atoms with Crippen LogP contribution >= 0.6 is 0 Å². The Morgan fingerprint density at radius 3 is 2.71 bits per heavy atom. The Kier molecular flexibility index (Phi) is 6.73. The summed E-state index contributed by atoms with van der Waals surface area (Å²) < 4.78 is 39.7. The van der Waals surface area contributed by atoms with E-state index in [9.17, 15) is 13.6 Å². The molecule has 35 heavy (non-hydrogen) atoms. The zero-order chi connectivity index (χ0) is 24.4. The summed E-state index contributed by atoms with van der Waals surface area (Å²) in [6, 6.07) is 8.66. The number of hydrogen-bond acceptors (Lipinski definition) is 8. The number of benzene rings is 1. The molecule has 10 nitrogen and oxygen atoms in total. The van der Waals surface area contributed by atoms with Gasteiger partial charge in [-0.15, -0.1) is 0 Å². The molecule has 0 saturated carbocycles.